The topological polar surface area (TPSA) is 35.0 Å². The first-order chi connectivity index (χ1) is 5.70. The SMILES string of the molecule is C=Cc1ccc(CCl)c(C)c1C.N. The monoisotopic (exact) mass is 197 g/mol. The van der Waals surface area contributed by atoms with Crippen molar-refractivity contribution < 1.29 is 0 Å². The van der Waals surface area contributed by atoms with E-state index in [2.05, 4.69) is 32.6 Å². The second-order valence-corrected chi connectivity index (χ2v) is 3.17. The van der Waals surface area contributed by atoms with Crippen LogP contribution in [0.2, 0.25) is 0 Å². The summed E-state index contributed by atoms with van der Waals surface area (Å²) in [4.78, 5) is 0. The Hall–Kier alpha value is -0.790. The first-order valence-corrected chi connectivity index (χ1v) is 4.51. The second kappa shape index (κ2) is 5.05. The summed E-state index contributed by atoms with van der Waals surface area (Å²) in [5, 5.41) is 0. The van der Waals surface area contributed by atoms with Gasteiger partial charge in [-0.3, -0.25) is 0 Å². The Bertz CT molecular complexity index is 305. The Morgan fingerprint density at radius 1 is 1.31 bits per heavy atom. The van der Waals surface area contributed by atoms with Gasteiger partial charge >= 0.3 is 0 Å². The molecule has 1 rings (SSSR count). The molecule has 0 saturated heterocycles. The van der Waals surface area contributed by atoms with Crippen LogP contribution in [0.1, 0.15) is 22.3 Å². The Kier molecular flexibility index (Phi) is 4.74. The van der Waals surface area contributed by atoms with Crippen molar-refractivity contribution in [3.8, 4) is 0 Å². The largest absolute Gasteiger partial charge is 0.344 e. The van der Waals surface area contributed by atoms with Crippen LogP contribution in [0.15, 0.2) is 18.7 Å². The van der Waals surface area contributed by atoms with Crippen LogP contribution in [0.4, 0.5) is 0 Å². The standard InChI is InChI=1S/C11H13Cl.H3N/c1-4-10-5-6-11(7-12)9(3)8(10)2;/h4-6H,1,7H2,2-3H3;1H3. The molecule has 2 heteroatoms. The smallest absolute Gasteiger partial charge is 0.0476 e. The lowest BCUT2D eigenvalue weighted by atomic mass is 9.99. The van der Waals surface area contributed by atoms with E-state index in [0.717, 1.165) is 0 Å². The van der Waals surface area contributed by atoms with Crippen LogP contribution < -0.4 is 6.15 Å². The van der Waals surface area contributed by atoms with Gasteiger partial charge in [-0.2, -0.15) is 0 Å². The van der Waals surface area contributed by atoms with E-state index < -0.39 is 0 Å². The molecule has 0 radical (unpaired) electrons. The molecule has 1 nitrogen and oxygen atoms in total. The second-order valence-electron chi connectivity index (χ2n) is 2.90. The van der Waals surface area contributed by atoms with Gasteiger partial charge in [0.15, 0.2) is 0 Å². The molecule has 0 aromatic heterocycles. The van der Waals surface area contributed by atoms with Gasteiger partial charge in [0, 0.05) is 5.88 Å². The molecule has 0 aliphatic rings. The number of rotatable bonds is 2. The molecule has 0 atom stereocenters. The lowest BCUT2D eigenvalue weighted by Crippen LogP contribution is -1.91. The summed E-state index contributed by atoms with van der Waals surface area (Å²) in [6.07, 6.45) is 1.88. The fourth-order valence-electron chi connectivity index (χ4n) is 1.26. The van der Waals surface area contributed by atoms with Crippen LogP contribution in [0.5, 0.6) is 0 Å². The van der Waals surface area contributed by atoms with Crippen molar-refractivity contribution in [3.63, 3.8) is 0 Å². The minimum Gasteiger partial charge on any atom is -0.344 e. The maximum atomic E-state index is 5.77. The fourth-order valence-corrected chi connectivity index (χ4v) is 1.55. The average molecular weight is 198 g/mol. The third-order valence-electron chi connectivity index (χ3n) is 2.31. The van der Waals surface area contributed by atoms with Crippen molar-refractivity contribution in [2.45, 2.75) is 19.7 Å². The van der Waals surface area contributed by atoms with Gasteiger partial charge in [-0.1, -0.05) is 24.8 Å². The van der Waals surface area contributed by atoms with Crippen LogP contribution >= 0.6 is 11.6 Å². The fraction of sp³-hybridized carbons (Fsp3) is 0.273. The van der Waals surface area contributed by atoms with Gasteiger partial charge < -0.3 is 6.15 Å². The molecule has 0 aliphatic carbocycles. The molecule has 72 valence electrons. The van der Waals surface area contributed by atoms with Gasteiger partial charge in [-0.05, 0) is 36.1 Å². The molecule has 0 amide bonds. The molecular weight excluding hydrogens is 182 g/mol. The zero-order valence-corrected chi connectivity index (χ0v) is 8.99. The van der Waals surface area contributed by atoms with Gasteiger partial charge in [-0.15, -0.1) is 11.6 Å². The molecule has 3 N–H and O–H groups in total. The molecule has 1 aromatic carbocycles. The highest BCUT2D eigenvalue weighted by Gasteiger charge is 2.02. The number of hydrogen-bond acceptors (Lipinski definition) is 1. The first kappa shape index (κ1) is 12.2. The van der Waals surface area contributed by atoms with Gasteiger partial charge in [0.05, 0.1) is 0 Å². The minimum atomic E-state index is 0. The highest BCUT2D eigenvalue weighted by molar-refractivity contribution is 6.17. The third kappa shape index (κ3) is 2.33. The minimum absolute atomic E-state index is 0. The van der Waals surface area contributed by atoms with Crippen LogP contribution in [0, 0.1) is 13.8 Å². The van der Waals surface area contributed by atoms with Crippen LogP contribution in [-0.2, 0) is 5.88 Å². The van der Waals surface area contributed by atoms with Crippen LogP contribution in [0.3, 0.4) is 0 Å². The molecule has 0 fully saturated rings. The van der Waals surface area contributed by atoms with E-state index in [1.165, 1.54) is 22.3 Å². The highest BCUT2D eigenvalue weighted by Crippen LogP contribution is 2.19. The lowest BCUT2D eigenvalue weighted by Gasteiger charge is -2.08. The quantitative estimate of drug-likeness (QED) is 0.719. The van der Waals surface area contributed by atoms with Crippen LogP contribution in [-0.4, -0.2) is 0 Å². The predicted molar refractivity (Wildman–Crippen MR) is 60.6 cm³/mol. The van der Waals surface area contributed by atoms with Crippen molar-refractivity contribution in [2.24, 2.45) is 0 Å². The van der Waals surface area contributed by atoms with Crippen molar-refractivity contribution in [2.75, 3.05) is 0 Å². The van der Waals surface area contributed by atoms with Gasteiger partial charge in [-0.25, -0.2) is 0 Å². The molecule has 0 saturated carbocycles. The van der Waals surface area contributed by atoms with E-state index in [-0.39, 0.29) is 6.15 Å². The summed E-state index contributed by atoms with van der Waals surface area (Å²) >= 11 is 5.77. The predicted octanol–water partition coefficient (Wildman–Crippen LogP) is 3.85. The number of benzene rings is 1. The third-order valence-corrected chi connectivity index (χ3v) is 2.59. The van der Waals surface area contributed by atoms with Crippen LogP contribution in [0.25, 0.3) is 6.08 Å². The Labute approximate surface area is 85.0 Å². The molecule has 0 heterocycles. The first-order valence-electron chi connectivity index (χ1n) is 3.98. The van der Waals surface area contributed by atoms with E-state index >= 15 is 0 Å². The summed E-state index contributed by atoms with van der Waals surface area (Å²) in [7, 11) is 0. The maximum absolute atomic E-state index is 5.77. The summed E-state index contributed by atoms with van der Waals surface area (Å²) in [6, 6.07) is 4.12. The van der Waals surface area contributed by atoms with Crippen molar-refractivity contribution >= 4 is 17.7 Å². The molecule has 0 spiro atoms. The van der Waals surface area contributed by atoms with Gasteiger partial charge in [0.25, 0.3) is 0 Å². The van der Waals surface area contributed by atoms with Crippen molar-refractivity contribution in [1.82, 2.24) is 6.15 Å². The summed E-state index contributed by atoms with van der Waals surface area (Å²) in [5.74, 6) is 0.587. The Morgan fingerprint density at radius 2 is 1.92 bits per heavy atom. The maximum Gasteiger partial charge on any atom is 0.0476 e. The Morgan fingerprint density at radius 3 is 2.38 bits per heavy atom. The van der Waals surface area contributed by atoms with E-state index in [0.29, 0.717) is 5.88 Å². The van der Waals surface area contributed by atoms with Crippen molar-refractivity contribution in [1.29, 1.82) is 0 Å². The van der Waals surface area contributed by atoms with E-state index in [9.17, 15) is 0 Å². The molecule has 0 aliphatic heterocycles. The summed E-state index contributed by atoms with van der Waals surface area (Å²) in [6.45, 7) is 7.95. The lowest BCUT2D eigenvalue weighted by molar-refractivity contribution is 1.23. The zero-order valence-electron chi connectivity index (χ0n) is 8.23. The highest BCUT2D eigenvalue weighted by atomic mass is 35.5. The number of halogens is 1. The zero-order chi connectivity index (χ0) is 9.14. The van der Waals surface area contributed by atoms with Gasteiger partial charge in [0.2, 0.25) is 0 Å². The summed E-state index contributed by atoms with van der Waals surface area (Å²) < 4.78 is 0. The molecular formula is C11H16ClN. The Balaban J connectivity index is 0.00000144. The molecule has 0 unspecified atom stereocenters. The van der Waals surface area contributed by atoms with Crippen molar-refractivity contribution in [3.05, 3.63) is 41.0 Å². The van der Waals surface area contributed by atoms with Gasteiger partial charge in [0.1, 0.15) is 0 Å². The van der Waals surface area contributed by atoms with E-state index in [4.69, 9.17) is 11.6 Å². The number of alkyl halides is 1. The van der Waals surface area contributed by atoms with E-state index in [1.54, 1.807) is 0 Å². The molecule has 0 bridgehead atoms. The number of hydrogen-bond donors (Lipinski definition) is 1. The van der Waals surface area contributed by atoms with E-state index in [1.807, 2.05) is 6.08 Å². The molecule has 13 heavy (non-hydrogen) atoms. The average Bonchev–Trinajstić information content (AvgIpc) is 2.10. The summed E-state index contributed by atoms with van der Waals surface area (Å²) in [5.41, 5.74) is 4.96. The molecule has 1 aromatic rings. The normalized spacial score (nSPS) is 9.15.